The Bertz CT molecular complexity index is 1350. The number of amides is 2. The maximum Gasteiger partial charge on any atom is 0.416 e. The Morgan fingerprint density at radius 1 is 0.784 bits per heavy atom. The van der Waals surface area contributed by atoms with Crippen molar-refractivity contribution in [3.8, 4) is 0 Å². The third-order valence-corrected chi connectivity index (χ3v) is 7.77. The number of carbonyl (C=O) groups is 2. The van der Waals surface area contributed by atoms with E-state index in [1.807, 2.05) is 6.07 Å². The number of anilines is 1. The average molecular weight is 506 g/mol. The maximum atomic E-state index is 13.4. The molecular formula is C29H26F3N3O2. The summed E-state index contributed by atoms with van der Waals surface area (Å²) in [5.41, 5.74) is 3.67. The third kappa shape index (κ3) is 4.29. The highest BCUT2D eigenvalue weighted by Gasteiger charge is 2.39. The van der Waals surface area contributed by atoms with Gasteiger partial charge in [-0.2, -0.15) is 13.2 Å². The van der Waals surface area contributed by atoms with Gasteiger partial charge < -0.3 is 4.90 Å². The van der Waals surface area contributed by atoms with Gasteiger partial charge in [0, 0.05) is 32.2 Å². The fourth-order valence-electron chi connectivity index (χ4n) is 5.87. The highest BCUT2D eigenvalue weighted by molar-refractivity contribution is 6.23. The summed E-state index contributed by atoms with van der Waals surface area (Å²) in [4.78, 5) is 32.2. The van der Waals surface area contributed by atoms with Crippen LogP contribution in [0.2, 0.25) is 0 Å². The maximum absolute atomic E-state index is 13.4. The summed E-state index contributed by atoms with van der Waals surface area (Å²) < 4.78 is 39.4. The normalized spacial score (nSPS) is 18.5. The number of benzene rings is 3. The monoisotopic (exact) mass is 505 g/mol. The van der Waals surface area contributed by atoms with Gasteiger partial charge in [0.15, 0.2) is 0 Å². The lowest BCUT2D eigenvalue weighted by Gasteiger charge is -2.39. The van der Waals surface area contributed by atoms with Crippen molar-refractivity contribution < 1.29 is 22.8 Å². The molecule has 0 aromatic heterocycles. The molecule has 2 amide bonds. The number of piperazine rings is 1. The Kier molecular flexibility index (Phi) is 5.79. The Balaban J connectivity index is 1.17. The Morgan fingerprint density at radius 3 is 2.14 bits per heavy atom. The summed E-state index contributed by atoms with van der Waals surface area (Å²) in [6.45, 7) is 2.99. The Morgan fingerprint density at radius 2 is 1.46 bits per heavy atom. The molecule has 0 saturated carbocycles. The van der Waals surface area contributed by atoms with E-state index in [9.17, 15) is 22.8 Å². The minimum absolute atomic E-state index is 0.203. The molecule has 5 nitrogen and oxygen atoms in total. The van der Waals surface area contributed by atoms with Crippen LogP contribution < -0.4 is 4.90 Å². The number of rotatable bonds is 4. The van der Waals surface area contributed by atoms with Gasteiger partial charge in [-0.25, -0.2) is 0 Å². The minimum Gasteiger partial charge on any atom is -0.368 e. The summed E-state index contributed by atoms with van der Waals surface area (Å²) in [5, 5.41) is 0. The predicted molar refractivity (Wildman–Crippen MR) is 134 cm³/mol. The summed E-state index contributed by atoms with van der Waals surface area (Å²) in [6.07, 6.45) is -2.39. The van der Waals surface area contributed by atoms with E-state index in [1.165, 1.54) is 23.3 Å². The molecular weight excluding hydrogens is 479 g/mol. The SMILES string of the molecule is O=C1c2cccc(N3CCN(C4Cc5ccccc5C4)CC3)c2C(=O)N1Cc1cccc(C(F)(F)F)c1. The van der Waals surface area contributed by atoms with Gasteiger partial charge in [-0.15, -0.1) is 0 Å². The van der Waals surface area contributed by atoms with Crippen LogP contribution in [0, 0.1) is 0 Å². The van der Waals surface area contributed by atoms with Crippen LogP contribution in [0.5, 0.6) is 0 Å². The zero-order valence-electron chi connectivity index (χ0n) is 20.2. The lowest BCUT2D eigenvalue weighted by Crippen LogP contribution is -2.51. The van der Waals surface area contributed by atoms with Crippen LogP contribution in [0.15, 0.2) is 66.7 Å². The topological polar surface area (TPSA) is 43.9 Å². The fourth-order valence-corrected chi connectivity index (χ4v) is 5.87. The van der Waals surface area contributed by atoms with Crippen molar-refractivity contribution in [3.05, 3.63) is 100 Å². The molecule has 0 radical (unpaired) electrons. The van der Waals surface area contributed by atoms with Crippen molar-refractivity contribution in [1.82, 2.24) is 9.80 Å². The van der Waals surface area contributed by atoms with Crippen LogP contribution in [0.1, 0.15) is 43.0 Å². The molecule has 1 fully saturated rings. The second kappa shape index (κ2) is 9.03. The van der Waals surface area contributed by atoms with Gasteiger partial charge in [-0.1, -0.05) is 42.5 Å². The molecule has 0 N–H and O–H groups in total. The summed E-state index contributed by atoms with van der Waals surface area (Å²) in [6, 6.07) is 19.1. The number of hydrogen-bond donors (Lipinski definition) is 0. The lowest BCUT2D eigenvalue weighted by molar-refractivity contribution is -0.137. The second-order valence-corrected chi connectivity index (χ2v) is 9.95. The Labute approximate surface area is 213 Å². The second-order valence-electron chi connectivity index (χ2n) is 9.95. The van der Waals surface area contributed by atoms with Crippen LogP contribution in [-0.2, 0) is 25.6 Å². The van der Waals surface area contributed by atoms with Gasteiger partial charge in [0.25, 0.3) is 11.8 Å². The Hall–Kier alpha value is -3.65. The highest BCUT2D eigenvalue weighted by Crippen LogP contribution is 2.35. The van der Waals surface area contributed by atoms with Gasteiger partial charge in [0.2, 0.25) is 0 Å². The predicted octanol–water partition coefficient (Wildman–Crippen LogP) is 4.79. The first-order valence-electron chi connectivity index (χ1n) is 12.5. The molecule has 37 heavy (non-hydrogen) atoms. The fraction of sp³-hybridized carbons (Fsp3) is 0.310. The van der Waals surface area contributed by atoms with Crippen LogP contribution in [-0.4, -0.2) is 53.8 Å². The first kappa shape index (κ1) is 23.7. The molecule has 0 atom stereocenters. The van der Waals surface area contributed by atoms with Crippen molar-refractivity contribution in [2.75, 3.05) is 31.1 Å². The quantitative estimate of drug-likeness (QED) is 0.479. The van der Waals surface area contributed by atoms with Crippen molar-refractivity contribution in [3.63, 3.8) is 0 Å². The summed E-state index contributed by atoms with van der Waals surface area (Å²) in [7, 11) is 0. The first-order chi connectivity index (χ1) is 17.8. The summed E-state index contributed by atoms with van der Waals surface area (Å²) in [5.74, 6) is -0.927. The van der Waals surface area contributed by atoms with E-state index in [4.69, 9.17) is 0 Å². The molecule has 6 rings (SSSR count). The number of imide groups is 1. The van der Waals surface area contributed by atoms with E-state index in [2.05, 4.69) is 34.1 Å². The molecule has 2 aliphatic heterocycles. The third-order valence-electron chi connectivity index (χ3n) is 7.77. The first-order valence-corrected chi connectivity index (χ1v) is 12.5. The molecule has 1 aliphatic carbocycles. The number of carbonyl (C=O) groups excluding carboxylic acids is 2. The molecule has 0 spiro atoms. The molecule has 2 heterocycles. The number of halogens is 3. The standard InChI is InChI=1S/C29H26F3N3O2/c30-29(31,32)22-8-3-5-19(15-22)18-35-27(36)24-9-4-10-25(26(24)28(35)37)34-13-11-33(12-14-34)23-16-20-6-1-2-7-21(20)17-23/h1-10,15,23H,11-14,16-18H2. The minimum atomic E-state index is -4.49. The van der Waals surface area contributed by atoms with Gasteiger partial charge in [-0.05, 0) is 53.8 Å². The number of nitrogens with zero attached hydrogens (tertiary/aromatic N) is 3. The van der Waals surface area contributed by atoms with Gasteiger partial charge in [0.05, 0.1) is 28.9 Å². The van der Waals surface area contributed by atoms with Crippen LogP contribution in [0.3, 0.4) is 0 Å². The molecule has 3 aliphatic rings. The largest absolute Gasteiger partial charge is 0.416 e. The van der Waals surface area contributed by atoms with E-state index in [0.29, 0.717) is 17.2 Å². The molecule has 3 aromatic rings. The zero-order valence-corrected chi connectivity index (χ0v) is 20.2. The van der Waals surface area contributed by atoms with Gasteiger partial charge >= 0.3 is 6.18 Å². The van der Waals surface area contributed by atoms with Gasteiger partial charge in [0.1, 0.15) is 0 Å². The highest BCUT2D eigenvalue weighted by atomic mass is 19.4. The van der Waals surface area contributed by atoms with E-state index in [0.717, 1.165) is 61.7 Å². The van der Waals surface area contributed by atoms with E-state index >= 15 is 0 Å². The molecule has 8 heteroatoms. The zero-order chi connectivity index (χ0) is 25.7. The lowest BCUT2D eigenvalue weighted by atomic mass is 10.1. The van der Waals surface area contributed by atoms with Crippen LogP contribution in [0.4, 0.5) is 18.9 Å². The number of alkyl halides is 3. The van der Waals surface area contributed by atoms with Crippen molar-refractivity contribution in [2.24, 2.45) is 0 Å². The van der Waals surface area contributed by atoms with Crippen LogP contribution in [0.25, 0.3) is 0 Å². The van der Waals surface area contributed by atoms with E-state index < -0.39 is 23.6 Å². The van der Waals surface area contributed by atoms with Crippen molar-refractivity contribution >= 4 is 17.5 Å². The van der Waals surface area contributed by atoms with Crippen molar-refractivity contribution in [2.45, 2.75) is 31.6 Å². The average Bonchev–Trinajstić information content (AvgIpc) is 3.44. The van der Waals surface area contributed by atoms with E-state index in [1.54, 1.807) is 12.1 Å². The summed E-state index contributed by atoms with van der Waals surface area (Å²) >= 11 is 0. The molecule has 3 aromatic carbocycles. The van der Waals surface area contributed by atoms with Gasteiger partial charge in [-0.3, -0.25) is 19.4 Å². The van der Waals surface area contributed by atoms with Crippen LogP contribution >= 0.6 is 0 Å². The molecule has 0 bridgehead atoms. The van der Waals surface area contributed by atoms with Crippen molar-refractivity contribution in [1.29, 1.82) is 0 Å². The van der Waals surface area contributed by atoms with E-state index in [-0.39, 0.29) is 12.1 Å². The smallest absolute Gasteiger partial charge is 0.368 e. The number of hydrogen-bond acceptors (Lipinski definition) is 4. The molecule has 190 valence electrons. The number of fused-ring (bicyclic) bond motifs is 2. The molecule has 0 unspecified atom stereocenters. The molecule has 1 saturated heterocycles.